The first-order valence-electron chi connectivity index (χ1n) is 7.84. The molecule has 0 aliphatic carbocycles. The Balaban J connectivity index is 1.51. The van der Waals surface area contributed by atoms with Crippen molar-refractivity contribution in [2.45, 2.75) is 19.4 Å². The highest BCUT2D eigenvalue weighted by Gasteiger charge is 2.17. The molecule has 0 saturated carbocycles. The summed E-state index contributed by atoms with van der Waals surface area (Å²) in [6, 6.07) is 8.63. The molecular weight excluding hydrogens is 322 g/mol. The van der Waals surface area contributed by atoms with E-state index < -0.39 is 17.9 Å². The van der Waals surface area contributed by atoms with Crippen molar-refractivity contribution in [3.63, 3.8) is 0 Å². The topological polar surface area (TPSA) is 126 Å². The van der Waals surface area contributed by atoms with E-state index in [4.69, 9.17) is 10.3 Å². The fraction of sp³-hybridized carbons (Fsp3) is 0.235. The normalized spacial score (nSPS) is 12.1. The van der Waals surface area contributed by atoms with Crippen LogP contribution >= 0.6 is 0 Å². The van der Waals surface area contributed by atoms with Gasteiger partial charge in [0.2, 0.25) is 11.8 Å². The summed E-state index contributed by atoms with van der Waals surface area (Å²) in [4.78, 5) is 27.0. The average molecular weight is 341 g/mol. The number of nitrogens with two attached hydrogens (primary N) is 1. The zero-order chi connectivity index (χ0) is 17.8. The first-order valence-corrected chi connectivity index (χ1v) is 7.84. The monoisotopic (exact) mass is 341 g/mol. The van der Waals surface area contributed by atoms with Crippen LogP contribution in [-0.4, -0.2) is 34.5 Å². The van der Waals surface area contributed by atoms with Gasteiger partial charge in [-0.1, -0.05) is 23.4 Å². The van der Waals surface area contributed by atoms with Crippen LogP contribution in [0, 0.1) is 6.92 Å². The molecular formula is C17H19N5O3. The number of fused-ring (bicyclic) bond motifs is 1. The van der Waals surface area contributed by atoms with E-state index in [2.05, 4.69) is 20.8 Å². The van der Waals surface area contributed by atoms with Crippen LogP contribution in [0.3, 0.4) is 0 Å². The number of benzene rings is 1. The van der Waals surface area contributed by atoms with E-state index in [1.807, 2.05) is 30.5 Å². The van der Waals surface area contributed by atoms with Crippen LogP contribution in [0.4, 0.5) is 5.82 Å². The standard InChI is InChI=1S/C17H19N5O3/c1-10-6-15(22-25-10)21-16(23)9-20-17(24)13(18)7-11-8-19-14-5-3-2-4-12(11)14/h2-6,8,13,19H,7,9,18H2,1H3,(H,20,24)(H,21,22,23)/t13-/m0/s1. The highest BCUT2D eigenvalue weighted by Crippen LogP contribution is 2.18. The average Bonchev–Trinajstić information content (AvgIpc) is 3.19. The zero-order valence-corrected chi connectivity index (χ0v) is 13.7. The van der Waals surface area contributed by atoms with Crippen molar-refractivity contribution in [3.05, 3.63) is 47.9 Å². The summed E-state index contributed by atoms with van der Waals surface area (Å²) in [6.07, 6.45) is 2.22. The van der Waals surface area contributed by atoms with Crippen LogP contribution in [0.5, 0.6) is 0 Å². The minimum absolute atomic E-state index is 0.188. The fourth-order valence-electron chi connectivity index (χ4n) is 2.54. The Morgan fingerprint density at radius 1 is 1.36 bits per heavy atom. The highest BCUT2D eigenvalue weighted by atomic mass is 16.5. The number of hydrogen-bond acceptors (Lipinski definition) is 5. The van der Waals surface area contributed by atoms with Crippen molar-refractivity contribution in [2.75, 3.05) is 11.9 Å². The molecule has 25 heavy (non-hydrogen) atoms. The second-order valence-electron chi connectivity index (χ2n) is 5.76. The van der Waals surface area contributed by atoms with Gasteiger partial charge in [0.25, 0.3) is 0 Å². The van der Waals surface area contributed by atoms with Crippen molar-refractivity contribution < 1.29 is 14.1 Å². The van der Waals surface area contributed by atoms with Crippen molar-refractivity contribution in [1.29, 1.82) is 0 Å². The van der Waals surface area contributed by atoms with Crippen LogP contribution in [0.2, 0.25) is 0 Å². The Hall–Kier alpha value is -3.13. The molecule has 130 valence electrons. The number of rotatable bonds is 6. The van der Waals surface area contributed by atoms with Gasteiger partial charge < -0.3 is 25.9 Å². The minimum atomic E-state index is -0.749. The fourth-order valence-corrected chi connectivity index (χ4v) is 2.54. The van der Waals surface area contributed by atoms with Crippen LogP contribution in [0.15, 0.2) is 41.1 Å². The molecule has 0 unspecified atom stereocenters. The Labute approximate surface area is 143 Å². The lowest BCUT2D eigenvalue weighted by molar-refractivity contribution is -0.125. The maximum Gasteiger partial charge on any atom is 0.245 e. The maximum absolute atomic E-state index is 12.1. The largest absolute Gasteiger partial charge is 0.361 e. The van der Waals surface area contributed by atoms with Gasteiger partial charge in [0.15, 0.2) is 5.82 Å². The molecule has 8 heteroatoms. The van der Waals surface area contributed by atoms with Crippen LogP contribution in [0.25, 0.3) is 10.9 Å². The number of hydrogen-bond donors (Lipinski definition) is 4. The highest BCUT2D eigenvalue weighted by molar-refractivity contribution is 5.94. The molecule has 0 radical (unpaired) electrons. The number of amides is 2. The van der Waals surface area contributed by atoms with Crippen LogP contribution < -0.4 is 16.4 Å². The van der Waals surface area contributed by atoms with Gasteiger partial charge in [-0.25, -0.2) is 0 Å². The van der Waals surface area contributed by atoms with Crippen molar-refractivity contribution in [2.24, 2.45) is 5.73 Å². The van der Waals surface area contributed by atoms with E-state index in [1.165, 1.54) is 0 Å². The van der Waals surface area contributed by atoms with Crippen LogP contribution in [-0.2, 0) is 16.0 Å². The van der Waals surface area contributed by atoms with Crippen molar-refractivity contribution >= 4 is 28.5 Å². The molecule has 1 atom stereocenters. The van der Waals surface area contributed by atoms with Gasteiger partial charge >= 0.3 is 0 Å². The number of anilines is 1. The van der Waals surface area contributed by atoms with E-state index in [1.54, 1.807) is 13.0 Å². The molecule has 5 N–H and O–H groups in total. The molecule has 2 amide bonds. The lowest BCUT2D eigenvalue weighted by Gasteiger charge is -2.11. The molecule has 0 fully saturated rings. The smallest absolute Gasteiger partial charge is 0.245 e. The summed E-state index contributed by atoms with van der Waals surface area (Å²) in [7, 11) is 0. The molecule has 8 nitrogen and oxygen atoms in total. The number of carbonyl (C=O) groups excluding carboxylic acids is 2. The molecule has 0 bridgehead atoms. The molecule has 2 heterocycles. The van der Waals surface area contributed by atoms with Gasteiger partial charge in [-0.05, 0) is 25.0 Å². The summed E-state index contributed by atoms with van der Waals surface area (Å²) >= 11 is 0. The number of aryl methyl sites for hydroxylation is 1. The van der Waals surface area contributed by atoms with E-state index in [0.29, 0.717) is 18.0 Å². The third-order valence-electron chi connectivity index (χ3n) is 3.77. The van der Waals surface area contributed by atoms with Gasteiger partial charge in [-0.15, -0.1) is 0 Å². The summed E-state index contributed by atoms with van der Waals surface area (Å²) in [5, 5.41) is 9.73. The van der Waals surface area contributed by atoms with Gasteiger partial charge in [0.05, 0.1) is 12.6 Å². The predicted molar refractivity (Wildman–Crippen MR) is 92.9 cm³/mol. The van der Waals surface area contributed by atoms with Gasteiger partial charge in [-0.3, -0.25) is 9.59 Å². The van der Waals surface area contributed by atoms with E-state index in [0.717, 1.165) is 16.5 Å². The SMILES string of the molecule is Cc1cc(NC(=O)CNC(=O)[C@@H](N)Cc2c[nH]c3ccccc23)no1. The molecule has 2 aromatic heterocycles. The third kappa shape index (κ3) is 4.04. The predicted octanol–water partition coefficient (Wildman–Crippen LogP) is 1.09. The second kappa shape index (κ2) is 7.18. The summed E-state index contributed by atoms with van der Waals surface area (Å²) in [6.45, 7) is 1.53. The van der Waals surface area contributed by atoms with Crippen LogP contribution in [0.1, 0.15) is 11.3 Å². The zero-order valence-electron chi connectivity index (χ0n) is 13.7. The van der Waals surface area contributed by atoms with Gasteiger partial charge in [-0.2, -0.15) is 0 Å². The quantitative estimate of drug-likeness (QED) is 0.534. The van der Waals surface area contributed by atoms with Crippen molar-refractivity contribution in [1.82, 2.24) is 15.5 Å². The number of para-hydroxylation sites is 1. The first kappa shape index (κ1) is 16.7. The summed E-state index contributed by atoms with van der Waals surface area (Å²) in [5.41, 5.74) is 7.91. The number of nitrogens with one attached hydrogen (secondary N) is 3. The molecule has 0 aliphatic heterocycles. The lowest BCUT2D eigenvalue weighted by Crippen LogP contribution is -2.44. The number of nitrogens with zero attached hydrogens (tertiary/aromatic N) is 1. The number of aromatic amines is 1. The molecule has 3 rings (SSSR count). The Kier molecular flexibility index (Phi) is 4.80. The number of aromatic nitrogens is 2. The Bertz CT molecular complexity index is 898. The Morgan fingerprint density at radius 2 is 2.16 bits per heavy atom. The molecule has 0 spiro atoms. The number of H-pyrrole nitrogens is 1. The summed E-state index contributed by atoms with van der Waals surface area (Å²) < 4.78 is 4.85. The summed E-state index contributed by atoms with van der Waals surface area (Å²) in [5.74, 6) is 0.0950. The van der Waals surface area contributed by atoms with E-state index in [9.17, 15) is 9.59 Å². The van der Waals surface area contributed by atoms with E-state index in [-0.39, 0.29) is 6.54 Å². The molecule has 1 aromatic carbocycles. The van der Waals surface area contributed by atoms with Gasteiger partial charge in [0.1, 0.15) is 5.76 Å². The maximum atomic E-state index is 12.1. The third-order valence-corrected chi connectivity index (χ3v) is 3.77. The molecule has 0 aliphatic rings. The van der Waals surface area contributed by atoms with E-state index >= 15 is 0 Å². The second-order valence-corrected chi connectivity index (χ2v) is 5.76. The molecule has 3 aromatic rings. The Morgan fingerprint density at radius 3 is 2.92 bits per heavy atom. The first-order chi connectivity index (χ1) is 12.0. The number of carbonyl (C=O) groups is 2. The molecule has 0 saturated heterocycles. The minimum Gasteiger partial charge on any atom is -0.361 e. The lowest BCUT2D eigenvalue weighted by atomic mass is 10.1. The van der Waals surface area contributed by atoms with Crippen molar-refractivity contribution in [3.8, 4) is 0 Å². The van der Waals surface area contributed by atoms with Gasteiger partial charge in [0, 0.05) is 23.2 Å².